The van der Waals surface area contributed by atoms with E-state index in [0.717, 1.165) is 37.4 Å². The highest BCUT2D eigenvalue weighted by Crippen LogP contribution is 2.37. The second kappa shape index (κ2) is 5.54. The van der Waals surface area contributed by atoms with Crippen molar-refractivity contribution < 1.29 is 14.0 Å². The third-order valence-electron chi connectivity index (χ3n) is 3.37. The number of carbonyl (C=O) groups excluding carboxylic acids is 1. The number of anilines is 1. The molecule has 21 heavy (non-hydrogen) atoms. The molecule has 7 nitrogen and oxygen atoms in total. The van der Waals surface area contributed by atoms with Gasteiger partial charge in [-0.1, -0.05) is 4.68 Å². The monoisotopic (exact) mass is 305 g/mol. The number of aromatic nitrogens is 2. The maximum absolute atomic E-state index is 12.0. The molecule has 3 rings (SSSR count). The van der Waals surface area contributed by atoms with Crippen LogP contribution >= 0.6 is 11.3 Å². The number of aromatic amines is 1. The Kier molecular flexibility index (Phi) is 3.58. The van der Waals surface area contributed by atoms with Gasteiger partial charge in [-0.05, 0) is 36.5 Å². The Bertz CT molecular complexity index is 780. The van der Waals surface area contributed by atoms with Gasteiger partial charge >= 0.3 is 5.63 Å². The minimum Gasteiger partial charge on any atom is -0.311 e. The summed E-state index contributed by atoms with van der Waals surface area (Å²) in [5.74, 6) is -0.313. The van der Waals surface area contributed by atoms with Crippen molar-refractivity contribution in [2.45, 2.75) is 32.2 Å². The largest absolute Gasteiger partial charge is 0.426 e. The van der Waals surface area contributed by atoms with E-state index in [2.05, 4.69) is 21.2 Å². The summed E-state index contributed by atoms with van der Waals surface area (Å²) in [4.78, 5) is 24.0. The van der Waals surface area contributed by atoms with Crippen molar-refractivity contribution in [3.63, 3.8) is 0 Å². The second-order valence-corrected chi connectivity index (χ2v) is 5.95. The minimum absolute atomic E-state index is 0.0703. The van der Waals surface area contributed by atoms with Crippen molar-refractivity contribution in [2.75, 3.05) is 5.32 Å². The third kappa shape index (κ3) is 2.73. The van der Waals surface area contributed by atoms with Crippen LogP contribution in [0.15, 0.2) is 15.5 Å². The fourth-order valence-corrected chi connectivity index (χ4v) is 3.71. The van der Waals surface area contributed by atoms with Crippen molar-refractivity contribution in [3.8, 4) is 6.07 Å². The van der Waals surface area contributed by atoms with E-state index in [9.17, 15) is 14.9 Å². The number of aryl methyl sites for hydroxylation is 1. The van der Waals surface area contributed by atoms with E-state index in [0.29, 0.717) is 10.6 Å². The number of hydrogen-bond acceptors (Lipinski definition) is 5. The molecule has 0 radical (unpaired) electrons. The second-order valence-electron chi connectivity index (χ2n) is 4.84. The van der Waals surface area contributed by atoms with Crippen LogP contribution < -0.4 is 15.6 Å². The van der Waals surface area contributed by atoms with Crippen LogP contribution in [0.2, 0.25) is 0 Å². The molecule has 2 N–H and O–H groups in total. The summed E-state index contributed by atoms with van der Waals surface area (Å²) in [5.41, 5.74) is 1.11. The molecule has 0 aliphatic heterocycles. The first-order chi connectivity index (χ1) is 10.2. The zero-order chi connectivity index (χ0) is 14.8. The van der Waals surface area contributed by atoms with Crippen molar-refractivity contribution in [1.82, 2.24) is 5.27 Å². The number of nitrogens with zero attached hydrogens (tertiary/aromatic N) is 2. The lowest BCUT2D eigenvalue weighted by Gasteiger charge is -2.09. The van der Waals surface area contributed by atoms with Crippen molar-refractivity contribution in [3.05, 3.63) is 32.6 Å². The molecular formula is C13H13N4O3S+. The number of H-pyrrole nitrogens is 1. The number of nitrogens with one attached hydrogen (secondary N) is 2. The fraction of sp³-hybridized carbons (Fsp3) is 0.385. The molecule has 0 atom stereocenters. The van der Waals surface area contributed by atoms with Crippen LogP contribution in [0.5, 0.6) is 0 Å². The summed E-state index contributed by atoms with van der Waals surface area (Å²) in [5, 5.41) is 15.0. The molecule has 1 aliphatic rings. The normalized spacial score (nSPS) is 13.5. The zero-order valence-corrected chi connectivity index (χ0v) is 12.0. The summed E-state index contributed by atoms with van der Waals surface area (Å²) in [6.45, 7) is -0.0703. The van der Waals surface area contributed by atoms with Gasteiger partial charge in [-0.3, -0.25) is 9.32 Å². The molecule has 8 heteroatoms. The van der Waals surface area contributed by atoms with Crippen LogP contribution in [0.4, 0.5) is 5.00 Å². The van der Waals surface area contributed by atoms with E-state index in [1.54, 1.807) is 0 Å². The lowest BCUT2D eigenvalue weighted by molar-refractivity contribution is -0.750. The van der Waals surface area contributed by atoms with Gasteiger partial charge in [-0.25, -0.2) is 4.79 Å². The highest BCUT2D eigenvalue weighted by molar-refractivity contribution is 7.16. The van der Waals surface area contributed by atoms with Crippen LogP contribution in [0.25, 0.3) is 0 Å². The van der Waals surface area contributed by atoms with E-state index in [1.807, 2.05) is 0 Å². The van der Waals surface area contributed by atoms with Crippen LogP contribution in [0.1, 0.15) is 28.8 Å². The fourth-order valence-electron chi connectivity index (χ4n) is 2.45. The number of rotatable bonds is 3. The van der Waals surface area contributed by atoms with E-state index >= 15 is 0 Å². The molecule has 2 heterocycles. The molecule has 0 saturated heterocycles. The van der Waals surface area contributed by atoms with E-state index in [4.69, 9.17) is 0 Å². The van der Waals surface area contributed by atoms with Gasteiger partial charge in [0.15, 0.2) is 0 Å². The first kappa shape index (κ1) is 13.6. The molecule has 0 spiro atoms. The maximum atomic E-state index is 12.0. The molecule has 0 unspecified atom stereocenters. The molecule has 1 aliphatic carbocycles. The first-order valence-corrected chi connectivity index (χ1v) is 7.41. The summed E-state index contributed by atoms with van der Waals surface area (Å²) in [6, 6.07) is 2.19. The highest BCUT2D eigenvalue weighted by atomic mass is 32.1. The van der Waals surface area contributed by atoms with Gasteiger partial charge in [-0.15, -0.1) is 11.3 Å². The average molecular weight is 305 g/mol. The van der Waals surface area contributed by atoms with Crippen LogP contribution in [-0.2, 0) is 24.2 Å². The molecule has 2 aromatic rings. The van der Waals surface area contributed by atoms with Gasteiger partial charge in [-0.2, -0.15) is 5.26 Å². The van der Waals surface area contributed by atoms with Crippen LogP contribution in [0.3, 0.4) is 0 Å². The van der Waals surface area contributed by atoms with Crippen molar-refractivity contribution in [2.24, 2.45) is 0 Å². The Balaban J connectivity index is 1.78. The summed E-state index contributed by atoms with van der Waals surface area (Å²) < 4.78 is 5.73. The lowest BCUT2D eigenvalue weighted by atomic mass is 9.96. The third-order valence-corrected chi connectivity index (χ3v) is 4.58. The standard InChI is InChI=1S/C13H12N4O3S/c14-5-9-8-3-1-2-4-10(8)21-13(9)15-11(18)6-17-7-12(19)20-16-17/h7H,1-4,6H2,(H-,15,16,18,19)/p+1. The predicted molar refractivity (Wildman–Crippen MR) is 73.8 cm³/mol. The molecule has 108 valence electrons. The Hall–Kier alpha value is -2.40. The van der Waals surface area contributed by atoms with Crippen LogP contribution in [0, 0.1) is 11.3 Å². The maximum Gasteiger partial charge on any atom is 0.426 e. The summed E-state index contributed by atoms with van der Waals surface area (Å²) in [6.07, 6.45) is 5.22. The minimum atomic E-state index is -0.549. The average Bonchev–Trinajstić information content (AvgIpc) is 3.01. The molecule has 0 fully saturated rings. The van der Waals surface area contributed by atoms with Gasteiger partial charge in [0, 0.05) is 4.88 Å². The quantitative estimate of drug-likeness (QED) is 0.815. The number of fused-ring (bicyclic) bond motifs is 1. The summed E-state index contributed by atoms with van der Waals surface area (Å²) in [7, 11) is 0. The summed E-state index contributed by atoms with van der Waals surface area (Å²) >= 11 is 1.47. The zero-order valence-electron chi connectivity index (χ0n) is 11.1. The smallest absolute Gasteiger partial charge is 0.311 e. The molecular weight excluding hydrogens is 292 g/mol. The number of amides is 1. The lowest BCUT2D eigenvalue weighted by Crippen LogP contribution is -2.41. The predicted octanol–water partition coefficient (Wildman–Crippen LogP) is 0.706. The first-order valence-electron chi connectivity index (χ1n) is 6.60. The molecule has 0 aromatic carbocycles. The van der Waals surface area contributed by atoms with Crippen LogP contribution in [-0.4, -0.2) is 11.2 Å². The molecule has 1 amide bonds. The number of nitriles is 1. The van der Waals surface area contributed by atoms with Gasteiger partial charge in [0.05, 0.1) is 5.56 Å². The Labute approximate surface area is 123 Å². The number of carbonyl (C=O) groups is 1. The van der Waals surface area contributed by atoms with E-state index < -0.39 is 5.63 Å². The van der Waals surface area contributed by atoms with Gasteiger partial charge in [0.1, 0.15) is 11.1 Å². The van der Waals surface area contributed by atoms with Crippen molar-refractivity contribution >= 4 is 22.2 Å². The highest BCUT2D eigenvalue weighted by Gasteiger charge is 2.23. The molecule has 2 aromatic heterocycles. The number of hydrogen-bond donors (Lipinski definition) is 2. The SMILES string of the molecule is N#Cc1c(NC(=O)C[n+]2cc(=O)o[nH]2)sc2c1CCCC2. The van der Waals surface area contributed by atoms with Gasteiger partial charge in [0.25, 0.3) is 18.6 Å². The van der Waals surface area contributed by atoms with E-state index in [-0.39, 0.29) is 12.5 Å². The topological polar surface area (TPSA) is 103 Å². The molecule has 0 saturated carbocycles. The molecule has 0 bridgehead atoms. The number of thiophene rings is 1. The Morgan fingerprint density at radius 1 is 1.52 bits per heavy atom. The Morgan fingerprint density at radius 2 is 2.33 bits per heavy atom. The van der Waals surface area contributed by atoms with Gasteiger partial charge in [0.2, 0.25) is 0 Å². The van der Waals surface area contributed by atoms with Gasteiger partial charge < -0.3 is 5.32 Å². The van der Waals surface area contributed by atoms with E-state index in [1.165, 1.54) is 20.9 Å². The van der Waals surface area contributed by atoms with Crippen molar-refractivity contribution in [1.29, 1.82) is 5.26 Å². The Morgan fingerprint density at radius 3 is 3.05 bits per heavy atom.